The van der Waals surface area contributed by atoms with Crippen LogP contribution in [0.5, 0.6) is 11.5 Å². The van der Waals surface area contributed by atoms with Crippen molar-refractivity contribution >= 4 is 16.8 Å². The summed E-state index contributed by atoms with van der Waals surface area (Å²) in [4.78, 5) is 18.7. The van der Waals surface area contributed by atoms with Crippen molar-refractivity contribution in [1.82, 2.24) is 9.88 Å². The van der Waals surface area contributed by atoms with Gasteiger partial charge in [0.05, 0.1) is 7.11 Å². The van der Waals surface area contributed by atoms with E-state index in [0.29, 0.717) is 12.5 Å². The molecular weight excluding hydrogens is 412 g/mol. The quantitative estimate of drug-likeness (QED) is 0.414. The SMILES string of the molecule is COc1ccc2[nH]cc(C3CCN(C(=O)c4ccccc4COc4ccccc4)CC3)c2c1. The Kier molecular flexibility index (Phi) is 6.03. The minimum Gasteiger partial charge on any atom is -0.497 e. The van der Waals surface area contributed by atoms with Crippen molar-refractivity contribution in [3.05, 3.63) is 95.7 Å². The molecule has 5 heteroatoms. The summed E-state index contributed by atoms with van der Waals surface area (Å²) in [6, 6.07) is 23.6. The van der Waals surface area contributed by atoms with Crippen LogP contribution in [0.2, 0.25) is 0 Å². The number of methoxy groups -OCH3 is 1. The lowest BCUT2D eigenvalue weighted by atomic mass is 9.89. The van der Waals surface area contributed by atoms with Crippen LogP contribution in [0.1, 0.15) is 40.2 Å². The lowest BCUT2D eigenvalue weighted by Crippen LogP contribution is -2.38. The normalized spacial score (nSPS) is 14.4. The second kappa shape index (κ2) is 9.41. The second-order valence-corrected chi connectivity index (χ2v) is 8.48. The lowest BCUT2D eigenvalue weighted by Gasteiger charge is -2.32. The highest BCUT2D eigenvalue weighted by Crippen LogP contribution is 2.35. The highest BCUT2D eigenvalue weighted by Gasteiger charge is 2.27. The Balaban J connectivity index is 1.27. The van der Waals surface area contributed by atoms with Crippen LogP contribution in [0, 0.1) is 0 Å². The number of hydrogen-bond donors (Lipinski definition) is 1. The number of aromatic amines is 1. The molecule has 5 rings (SSSR count). The first-order valence-corrected chi connectivity index (χ1v) is 11.4. The number of carbonyl (C=O) groups is 1. The van der Waals surface area contributed by atoms with E-state index >= 15 is 0 Å². The molecule has 0 unspecified atom stereocenters. The molecule has 1 aliphatic heterocycles. The standard InChI is InChI=1S/C28H28N2O3/c1-32-23-11-12-27-25(17-23)26(18-29-27)20-13-15-30(16-14-20)28(31)24-10-6-5-7-21(24)19-33-22-8-3-2-4-9-22/h2-12,17-18,20,29H,13-16,19H2,1H3. The molecule has 2 heterocycles. The molecule has 3 aromatic carbocycles. The van der Waals surface area contributed by atoms with Crippen molar-refractivity contribution in [1.29, 1.82) is 0 Å². The van der Waals surface area contributed by atoms with Gasteiger partial charge in [-0.15, -0.1) is 0 Å². The zero-order valence-electron chi connectivity index (χ0n) is 18.8. The summed E-state index contributed by atoms with van der Waals surface area (Å²) in [5.41, 5.74) is 4.07. The summed E-state index contributed by atoms with van der Waals surface area (Å²) in [5.74, 6) is 2.18. The van der Waals surface area contributed by atoms with Gasteiger partial charge in [0.25, 0.3) is 5.91 Å². The fraction of sp³-hybridized carbons (Fsp3) is 0.250. The predicted molar refractivity (Wildman–Crippen MR) is 130 cm³/mol. The molecule has 0 spiro atoms. The van der Waals surface area contributed by atoms with Gasteiger partial charge >= 0.3 is 0 Å². The summed E-state index contributed by atoms with van der Waals surface area (Å²) >= 11 is 0. The third-order valence-electron chi connectivity index (χ3n) is 6.53. The van der Waals surface area contributed by atoms with Gasteiger partial charge < -0.3 is 19.4 Å². The highest BCUT2D eigenvalue weighted by atomic mass is 16.5. The van der Waals surface area contributed by atoms with Crippen LogP contribution >= 0.6 is 0 Å². The number of likely N-dealkylation sites (tertiary alicyclic amines) is 1. The summed E-state index contributed by atoms with van der Waals surface area (Å²) < 4.78 is 11.3. The average Bonchev–Trinajstić information content (AvgIpc) is 3.31. The molecule has 33 heavy (non-hydrogen) atoms. The van der Waals surface area contributed by atoms with Gasteiger partial charge in [-0.2, -0.15) is 0 Å². The van der Waals surface area contributed by atoms with Gasteiger partial charge in [0, 0.05) is 41.3 Å². The van der Waals surface area contributed by atoms with Crippen LogP contribution in [0.15, 0.2) is 79.0 Å². The number of nitrogens with one attached hydrogen (secondary N) is 1. The molecular formula is C28H28N2O3. The molecule has 1 aromatic heterocycles. The number of benzene rings is 3. The van der Waals surface area contributed by atoms with E-state index in [-0.39, 0.29) is 5.91 Å². The van der Waals surface area contributed by atoms with Crippen LogP contribution in [-0.4, -0.2) is 36.0 Å². The molecule has 1 saturated heterocycles. The molecule has 0 bridgehead atoms. The molecule has 1 fully saturated rings. The molecule has 4 aromatic rings. The van der Waals surface area contributed by atoms with Gasteiger partial charge in [-0.25, -0.2) is 0 Å². The Labute approximate surface area is 193 Å². The van der Waals surface area contributed by atoms with Crippen LogP contribution < -0.4 is 9.47 Å². The Morgan fingerprint density at radius 3 is 2.52 bits per heavy atom. The second-order valence-electron chi connectivity index (χ2n) is 8.48. The van der Waals surface area contributed by atoms with Crippen LogP contribution in [0.4, 0.5) is 0 Å². The Hall–Kier alpha value is -3.73. The van der Waals surface area contributed by atoms with Crippen LogP contribution in [0.3, 0.4) is 0 Å². The van der Waals surface area contributed by atoms with E-state index in [1.54, 1.807) is 7.11 Å². The van der Waals surface area contributed by atoms with Gasteiger partial charge in [-0.05, 0) is 60.7 Å². The van der Waals surface area contributed by atoms with Gasteiger partial charge in [0.1, 0.15) is 18.1 Å². The first kappa shape index (κ1) is 21.1. The van der Waals surface area contributed by atoms with Crippen molar-refractivity contribution in [3.8, 4) is 11.5 Å². The number of nitrogens with zero attached hydrogens (tertiary/aromatic N) is 1. The zero-order valence-corrected chi connectivity index (χ0v) is 18.8. The first-order chi connectivity index (χ1) is 16.2. The highest BCUT2D eigenvalue weighted by molar-refractivity contribution is 5.95. The number of ether oxygens (including phenoxy) is 2. The van der Waals surface area contributed by atoms with E-state index in [1.165, 1.54) is 10.9 Å². The smallest absolute Gasteiger partial charge is 0.254 e. The number of rotatable bonds is 6. The third kappa shape index (κ3) is 4.44. The Morgan fingerprint density at radius 1 is 0.970 bits per heavy atom. The van der Waals surface area contributed by atoms with Crippen LogP contribution in [0.25, 0.3) is 10.9 Å². The molecule has 1 amide bonds. The maximum Gasteiger partial charge on any atom is 0.254 e. The monoisotopic (exact) mass is 440 g/mol. The fourth-order valence-corrected chi connectivity index (χ4v) is 4.68. The molecule has 0 aliphatic carbocycles. The van der Waals surface area contributed by atoms with Crippen molar-refractivity contribution in [2.75, 3.05) is 20.2 Å². The Bertz CT molecular complexity index is 1240. The van der Waals surface area contributed by atoms with Crippen molar-refractivity contribution in [3.63, 3.8) is 0 Å². The number of amides is 1. The largest absolute Gasteiger partial charge is 0.497 e. The summed E-state index contributed by atoms with van der Waals surface area (Å²) in [6.45, 7) is 1.86. The maximum atomic E-state index is 13.4. The van der Waals surface area contributed by atoms with Gasteiger partial charge in [0.2, 0.25) is 0 Å². The van der Waals surface area contributed by atoms with E-state index in [0.717, 1.165) is 54.1 Å². The first-order valence-electron chi connectivity index (χ1n) is 11.4. The summed E-state index contributed by atoms with van der Waals surface area (Å²) in [7, 11) is 1.69. The zero-order chi connectivity index (χ0) is 22.6. The summed E-state index contributed by atoms with van der Waals surface area (Å²) in [5, 5.41) is 1.21. The molecule has 168 valence electrons. The van der Waals surface area contributed by atoms with Gasteiger partial charge in [-0.3, -0.25) is 4.79 Å². The Morgan fingerprint density at radius 2 is 1.73 bits per heavy atom. The van der Waals surface area contributed by atoms with Gasteiger partial charge in [0.15, 0.2) is 0 Å². The number of aromatic nitrogens is 1. The molecule has 0 atom stereocenters. The lowest BCUT2D eigenvalue weighted by molar-refractivity contribution is 0.0710. The van der Waals surface area contributed by atoms with Crippen molar-refractivity contribution < 1.29 is 14.3 Å². The van der Waals surface area contributed by atoms with E-state index in [1.807, 2.05) is 65.6 Å². The molecule has 1 N–H and O–H groups in total. The number of piperidine rings is 1. The third-order valence-corrected chi connectivity index (χ3v) is 6.53. The number of H-pyrrole nitrogens is 1. The van der Waals surface area contributed by atoms with E-state index in [4.69, 9.17) is 9.47 Å². The fourth-order valence-electron chi connectivity index (χ4n) is 4.68. The number of para-hydroxylation sites is 1. The van der Waals surface area contributed by atoms with Crippen LogP contribution in [-0.2, 0) is 6.61 Å². The molecule has 0 radical (unpaired) electrons. The van der Waals surface area contributed by atoms with E-state index in [9.17, 15) is 4.79 Å². The topological polar surface area (TPSA) is 54.6 Å². The maximum absolute atomic E-state index is 13.4. The number of hydrogen-bond acceptors (Lipinski definition) is 3. The van der Waals surface area contributed by atoms with Crippen molar-refractivity contribution in [2.45, 2.75) is 25.4 Å². The number of carbonyl (C=O) groups excluding carboxylic acids is 1. The van der Waals surface area contributed by atoms with Crippen molar-refractivity contribution in [2.24, 2.45) is 0 Å². The molecule has 0 saturated carbocycles. The average molecular weight is 441 g/mol. The minimum atomic E-state index is 0.0845. The van der Waals surface area contributed by atoms with Gasteiger partial charge in [-0.1, -0.05) is 36.4 Å². The number of fused-ring (bicyclic) bond motifs is 1. The minimum absolute atomic E-state index is 0.0845. The predicted octanol–water partition coefficient (Wildman–Crippen LogP) is 5.78. The van der Waals surface area contributed by atoms with E-state index < -0.39 is 0 Å². The van der Waals surface area contributed by atoms with E-state index in [2.05, 4.69) is 23.3 Å². The molecule has 1 aliphatic rings. The molecule has 5 nitrogen and oxygen atoms in total. The summed E-state index contributed by atoms with van der Waals surface area (Å²) in [6.07, 6.45) is 4.00.